The van der Waals surface area contributed by atoms with Gasteiger partial charge in [-0.2, -0.15) is 4.98 Å². The molecule has 2 heterocycles. The van der Waals surface area contributed by atoms with Crippen molar-refractivity contribution in [3.05, 3.63) is 35.1 Å². The number of fused-ring (bicyclic) bond motifs is 1. The predicted octanol–water partition coefficient (Wildman–Crippen LogP) is 3.09. The van der Waals surface area contributed by atoms with Crippen molar-refractivity contribution in [1.82, 2.24) is 15.0 Å². The Hall–Kier alpha value is -1.46. The van der Waals surface area contributed by atoms with E-state index in [-0.39, 0.29) is 16.0 Å². The van der Waals surface area contributed by atoms with E-state index in [4.69, 9.17) is 23.2 Å². The smallest absolute Gasteiger partial charge is 0.225 e. The van der Waals surface area contributed by atoms with E-state index in [0.717, 1.165) is 0 Å². The second-order valence-electron chi connectivity index (χ2n) is 3.61. The summed E-state index contributed by atoms with van der Waals surface area (Å²) in [6.07, 6.45) is 3.12. The van der Waals surface area contributed by atoms with E-state index in [9.17, 15) is 4.39 Å². The van der Waals surface area contributed by atoms with Crippen molar-refractivity contribution in [3.8, 4) is 0 Å². The highest BCUT2D eigenvalue weighted by atomic mass is 35.5. The van der Waals surface area contributed by atoms with Crippen LogP contribution in [0.5, 0.6) is 0 Å². The molecule has 0 saturated carbocycles. The molecule has 0 saturated heterocycles. The molecule has 0 aromatic carbocycles. The summed E-state index contributed by atoms with van der Waals surface area (Å²) in [4.78, 5) is 13.4. The molecule has 0 aliphatic rings. The van der Waals surface area contributed by atoms with Gasteiger partial charge in [0, 0.05) is 19.8 Å². The summed E-state index contributed by atoms with van der Waals surface area (Å²) in [5, 5.41) is 0.162. The fourth-order valence-electron chi connectivity index (χ4n) is 1.56. The van der Waals surface area contributed by atoms with Crippen molar-refractivity contribution in [3.63, 3.8) is 0 Å². The van der Waals surface area contributed by atoms with E-state index < -0.39 is 5.82 Å². The Morgan fingerprint density at radius 3 is 2.83 bits per heavy atom. The summed E-state index contributed by atoms with van der Waals surface area (Å²) in [5.74, 6) is -0.223. The van der Waals surface area contributed by atoms with Crippen LogP contribution in [0.3, 0.4) is 0 Å². The van der Waals surface area contributed by atoms with E-state index >= 15 is 0 Å². The first kappa shape index (κ1) is 13.0. The predicted molar refractivity (Wildman–Crippen MR) is 70.8 cm³/mol. The van der Waals surface area contributed by atoms with Crippen LogP contribution in [0.4, 0.5) is 10.2 Å². The first-order valence-corrected chi connectivity index (χ1v) is 5.79. The maximum absolute atomic E-state index is 13.8. The maximum atomic E-state index is 13.8. The minimum Gasteiger partial charge on any atom is -0.355 e. The van der Waals surface area contributed by atoms with Crippen molar-refractivity contribution in [1.29, 1.82) is 0 Å². The van der Waals surface area contributed by atoms with Crippen molar-refractivity contribution in [2.75, 3.05) is 18.5 Å². The van der Waals surface area contributed by atoms with Gasteiger partial charge in [-0.1, -0.05) is 17.7 Å². The van der Waals surface area contributed by atoms with Gasteiger partial charge in [0.25, 0.3) is 0 Å². The molecule has 0 fully saturated rings. The number of hydrogen-bond acceptors (Lipinski definition) is 4. The van der Waals surface area contributed by atoms with Crippen LogP contribution in [0.25, 0.3) is 10.9 Å². The molecule has 0 N–H and O–H groups in total. The van der Waals surface area contributed by atoms with Crippen LogP contribution in [0.15, 0.2) is 18.9 Å². The van der Waals surface area contributed by atoms with Crippen molar-refractivity contribution >= 4 is 39.9 Å². The molecular formula is C11H9Cl2FN4. The fraction of sp³-hybridized carbons (Fsp3) is 0.182. The van der Waals surface area contributed by atoms with Crippen LogP contribution < -0.4 is 4.90 Å². The molecule has 0 amide bonds. The molecule has 0 unspecified atom stereocenters. The normalized spacial score (nSPS) is 10.7. The van der Waals surface area contributed by atoms with Crippen LogP contribution in [0, 0.1) is 5.82 Å². The molecule has 94 valence electrons. The van der Waals surface area contributed by atoms with E-state index in [1.807, 2.05) is 0 Å². The Labute approximate surface area is 113 Å². The van der Waals surface area contributed by atoms with Crippen molar-refractivity contribution in [2.45, 2.75) is 0 Å². The minimum absolute atomic E-state index is 0.0467. The second-order valence-corrected chi connectivity index (χ2v) is 4.31. The van der Waals surface area contributed by atoms with E-state index in [0.29, 0.717) is 17.7 Å². The Morgan fingerprint density at radius 1 is 1.44 bits per heavy atom. The number of nitrogens with zero attached hydrogens (tertiary/aromatic N) is 4. The van der Waals surface area contributed by atoms with Gasteiger partial charge in [0.2, 0.25) is 5.28 Å². The lowest BCUT2D eigenvalue weighted by molar-refractivity contribution is 0.631. The van der Waals surface area contributed by atoms with Crippen LogP contribution in [0.1, 0.15) is 0 Å². The fourth-order valence-corrected chi connectivity index (χ4v) is 1.87. The van der Waals surface area contributed by atoms with Gasteiger partial charge in [-0.25, -0.2) is 14.4 Å². The average Bonchev–Trinajstić information content (AvgIpc) is 2.34. The topological polar surface area (TPSA) is 41.9 Å². The molecule has 2 aromatic rings. The largest absolute Gasteiger partial charge is 0.355 e. The van der Waals surface area contributed by atoms with Gasteiger partial charge in [-0.3, -0.25) is 0 Å². The molecular weight excluding hydrogens is 278 g/mol. The van der Waals surface area contributed by atoms with Gasteiger partial charge in [-0.05, 0) is 11.6 Å². The summed E-state index contributed by atoms with van der Waals surface area (Å²) in [6, 6.07) is 0. The monoisotopic (exact) mass is 286 g/mol. The third-order valence-corrected chi connectivity index (χ3v) is 2.79. The van der Waals surface area contributed by atoms with Crippen molar-refractivity contribution < 1.29 is 4.39 Å². The summed E-state index contributed by atoms with van der Waals surface area (Å²) < 4.78 is 13.8. The first-order chi connectivity index (χ1) is 8.54. The summed E-state index contributed by atoms with van der Waals surface area (Å²) in [5.41, 5.74) is 0.0564. The number of hydrogen-bond donors (Lipinski definition) is 0. The molecule has 18 heavy (non-hydrogen) atoms. The van der Waals surface area contributed by atoms with Crippen LogP contribution >= 0.6 is 23.2 Å². The third-order valence-electron chi connectivity index (χ3n) is 2.36. The summed E-state index contributed by atoms with van der Waals surface area (Å²) in [7, 11) is 1.78. The molecule has 2 aromatic heterocycles. The number of anilines is 1. The van der Waals surface area contributed by atoms with Gasteiger partial charge in [0.1, 0.15) is 11.3 Å². The quantitative estimate of drug-likeness (QED) is 0.494. The molecule has 0 radical (unpaired) electrons. The van der Waals surface area contributed by atoms with E-state index in [2.05, 4.69) is 21.5 Å². The Balaban J connectivity index is 2.74. The molecule has 0 atom stereocenters. The van der Waals surface area contributed by atoms with Crippen LogP contribution in [-0.4, -0.2) is 28.5 Å². The summed E-state index contributed by atoms with van der Waals surface area (Å²) in [6.45, 7) is 4.17. The lowest BCUT2D eigenvalue weighted by atomic mass is 10.2. The number of rotatable bonds is 3. The van der Waals surface area contributed by atoms with Gasteiger partial charge >= 0.3 is 0 Å². The van der Waals surface area contributed by atoms with Crippen LogP contribution in [0.2, 0.25) is 10.4 Å². The molecule has 0 spiro atoms. The molecule has 2 rings (SSSR count). The zero-order valence-electron chi connectivity index (χ0n) is 9.49. The van der Waals surface area contributed by atoms with Gasteiger partial charge in [0.05, 0.1) is 5.39 Å². The zero-order chi connectivity index (χ0) is 13.3. The number of aromatic nitrogens is 3. The summed E-state index contributed by atoms with van der Waals surface area (Å²) >= 11 is 11.4. The second kappa shape index (κ2) is 5.04. The average molecular weight is 287 g/mol. The highest BCUT2D eigenvalue weighted by molar-refractivity contribution is 6.30. The highest BCUT2D eigenvalue weighted by Crippen LogP contribution is 2.28. The molecule has 0 aliphatic heterocycles. The van der Waals surface area contributed by atoms with Gasteiger partial charge in [-0.15, -0.1) is 6.58 Å². The maximum Gasteiger partial charge on any atom is 0.225 e. The molecule has 0 aliphatic carbocycles. The Bertz CT molecular complexity index is 618. The number of pyridine rings is 1. The van der Waals surface area contributed by atoms with Gasteiger partial charge in [0.15, 0.2) is 11.0 Å². The Kier molecular flexibility index (Phi) is 3.63. The third kappa shape index (κ3) is 2.23. The Morgan fingerprint density at radius 2 is 2.17 bits per heavy atom. The minimum atomic E-state index is -0.702. The molecule has 0 bridgehead atoms. The lowest BCUT2D eigenvalue weighted by Gasteiger charge is -2.17. The van der Waals surface area contributed by atoms with E-state index in [1.54, 1.807) is 18.0 Å². The zero-order valence-corrected chi connectivity index (χ0v) is 11.0. The highest BCUT2D eigenvalue weighted by Gasteiger charge is 2.16. The first-order valence-electron chi connectivity index (χ1n) is 5.04. The van der Waals surface area contributed by atoms with Crippen molar-refractivity contribution in [2.24, 2.45) is 0 Å². The lowest BCUT2D eigenvalue weighted by Crippen LogP contribution is -2.19. The number of likely N-dealkylation sites (N-methyl/N-ethyl adjacent to an activating group) is 1. The van der Waals surface area contributed by atoms with Gasteiger partial charge < -0.3 is 4.90 Å². The number of halogens is 3. The molecule has 4 nitrogen and oxygen atoms in total. The SMILES string of the molecule is C=CCN(C)c1nc(Cl)nc2c(F)c(Cl)ncc12. The van der Waals surface area contributed by atoms with Crippen LogP contribution in [-0.2, 0) is 0 Å². The molecule has 7 heteroatoms. The standard InChI is InChI=1S/C11H9Cl2FN4/c1-3-4-18(2)10-6-5-15-9(12)7(14)8(6)16-11(13)17-10/h3,5H,1,4H2,2H3. The van der Waals surface area contributed by atoms with E-state index in [1.165, 1.54) is 6.20 Å².